The molecule has 1 heterocycles. The molecule has 1 amide bonds. The molecule has 1 N–H and O–H groups in total. The van der Waals surface area contributed by atoms with E-state index in [1.165, 1.54) is 12.8 Å². The summed E-state index contributed by atoms with van der Waals surface area (Å²) in [5.74, 6) is 0.970. The average Bonchev–Trinajstić information content (AvgIpc) is 2.34. The van der Waals surface area contributed by atoms with Crippen molar-refractivity contribution in [1.82, 2.24) is 15.1 Å². The van der Waals surface area contributed by atoms with Crippen molar-refractivity contribution in [3.8, 4) is 0 Å². The molecule has 0 aliphatic carbocycles. The lowest BCUT2D eigenvalue weighted by Gasteiger charge is -2.32. The first-order valence-corrected chi connectivity index (χ1v) is 7.15. The van der Waals surface area contributed by atoms with Gasteiger partial charge in [0.05, 0.1) is 0 Å². The lowest BCUT2D eigenvalue weighted by molar-refractivity contribution is -0.129. The van der Waals surface area contributed by atoms with Gasteiger partial charge in [0.25, 0.3) is 0 Å². The Morgan fingerprint density at radius 1 is 1.39 bits per heavy atom. The molecule has 106 valence electrons. The van der Waals surface area contributed by atoms with Crippen molar-refractivity contribution in [1.29, 1.82) is 0 Å². The normalized spacial score (nSPS) is 20.4. The van der Waals surface area contributed by atoms with Crippen molar-refractivity contribution < 1.29 is 4.79 Å². The second kappa shape index (κ2) is 7.74. The number of nitrogens with zero attached hydrogens (tertiary/aromatic N) is 2. The summed E-state index contributed by atoms with van der Waals surface area (Å²) in [6.07, 6.45) is 3.23. The third kappa shape index (κ3) is 5.36. The SMILES string of the molecule is CC(C)N(CCC(=O)N(C)C)CC1CCCNC1. The largest absolute Gasteiger partial charge is 0.349 e. The molecule has 0 aromatic rings. The number of hydrogen-bond acceptors (Lipinski definition) is 3. The van der Waals surface area contributed by atoms with Gasteiger partial charge in [0, 0.05) is 39.6 Å². The topological polar surface area (TPSA) is 35.6 Å². The molecule has 4 heteroatoms. The van der Waals surface area contributed by atoms with Gasteiger partial charge in [-0.1, -0.05) is 0 Å². The summed E-state index contributed by atoms with van der Waals surface area (Å²) in [6, 6.07) is 0.516. The second-order valence-corrected chi connectivity index (χ2v) is 5.84. The Hall–Kier alpha value is -0.610. The van der Waals surface area contributed by atoms with E-state index >= 15 is 0 Å². The molecule has 1 unspecified atom stereocenters. The van der Waals surface area contributed by atoms with E-state index in [0.29, 0.717) is 12.5 Å². The fourth-order valence-electron chi connectivity index (χ4n) is 2.43. The summed E-state index contributed by atoms with van der Waals surface area (Å²) >= 11 is 0. The standard InChI is InChI=1S/C14H29N3O/c1-12(2)17(9-7-14(18)16(3)4)11-13-6-5-8-15-10-13/h12-13,15H,5-11H2,1-4H3. The van der Waals surface area contributed by atoms with E-state index < -0.39 is 0 Å². The van der Waals surface area contributed by atoms with Crippen LogP contribution in [0.4, 0.5) is 0 Å². The number of amides is 1. The van der Waals surface area contributed by atoms with E-state index in [1.807, 2.05) is 14.1 Å². The monoisotopic (exact) mass is 255 g/mol. The highest BCUT2D eigenvalue weighted by Gasteiger charge is 2.19. The molecule has 0 bridgehead atoms. The number of rotatable bonds is 6. The van der Waals surface area contributed by atoms with Crippen molar-refractivity contribution in [3.63, 3.8) is 0 Å². The highest BCUT2D eigenvalue weighted by atomic mass is 16.2. The summed E-state index contributed by atoms with van der Waals surface area (Å²) in [5.41, 5.74) is 0. The maximum Gasteiger partial charge on any atom is 0.223 e. The Labute approximate surface area is 112 Å². The Balaban J connectivity index is 2.36. The van der Waals surface area contributed by atoms with Crippen LogP contribution in [0.3, 0.4) is 0 Å². The highest BCUT2D eigenvalue weighted by Crippen LogP contribution is 2.14. The van der Waals surface area contributed by atoms with Gasteiger partial charge >= 0.3 is 0 Å². The predicted molar refractivity (Wildman–Crippen MR) is 75.6 cm³/mol. The maximum absolute atomic E-state index is 11.6. The van der Waals surface area contributed by atoms with Crippen LogP contribution < -0.4 is 5.32 Å². The number of carbonyl (C=O) groups excluding carboxylic acids is 1. The van der Waals surface area contributed by atoms with Gasteiger partial charge in [-0.3, -0.25) is 4.79 Å². The van der Waals surface area contributed by atoms with Crippen molar-refractivity contribution in [3.05, 3.63) is 0 Å². The Morgan fingerprint density at radius 2 is 2.11 bits per heavy atom. The third-order valence-electron chi connectivity index (χ3n) is 3.73. The molecule has 0 spiro atoms. The van der Waals surface area contributed by atoms with E-state index in [2.05, 4.69) is 24.1 Å². The van der Waals surface area contributed by atoms with Crippen LogP contribution in [0.5, 0.6) is 0 Å². The molecule has 1 saturated heterocycles. The van der Waals surface area contributed by atoms with Crippen LogP contribution in [0, 0.1) is 5.92 Å². The van der Waals surface area contributed by atoms with Crippen molar-refractivity contribution in [2.45, 2.75) is 39.2 Å². The van der Waals surface area contributed by atoms with E-state index in [4.69, 9.17) is 0 Å². The molecular weight excluding hydrogens is 226 g/mol. The van der Waals surface area contributed by atoms with Crippen LogP contribution in [0.2, 0.25) is 0 Å². The minimum Gasteiger partial charge on any atom is -0.349 e. The first-order valence-electron chi connectivity index (χ1n) is 7.15. The van der Waals surface area contributed by atoms with Gasteiger partial charge in [0.15, 0.2) is 0 Å². The zero-order valence-electron chi connectivity index (χ0n) is 12.4. The number of nitrogens with one attached hydrogen (secondary N) is 1. The van der Waals surface area contributed by atoms with Crippen molar-refractivity contribution in [2.75, 3.05) is 40.3 Å². The Kier molecular flexibility index (Phi) is 6.65. The third-order valence-corrected chi connectivity index (χ3v) is 3.73. The number of piperidine rings is 1. The fourth-order valence-corrected chi connectivity index (χ4v) is 2.43. The molecule has 1 atom stereocenters. The van der Waals surface area contributed by atoms with Crippen LogP contribution in [-0.2, 0) is 4.79 Å². The number of carbonyl (C=O) groups is 1. The number of hydrogen-bond donors (Lipinski definition) is 1. The zero-order chi connectivity index (χ0) is 13.5. The van der Waals surface area contributed by atoms with Crippen molar-refractivity contribution in [2.24, 2.45) is 5.92 Å². The van der Waals surface area contributed by atoms with Gasteiger partial charge in [-0.2, -0.15) is 0 Å². The molecular formula is C14H29N3O. The molecule has 0 saturated carbocycles. The molecule has 0 aromatic carbocycles. The molecule has 0 aromatic heterocycles. The first kappa shape index (κ1) is 15.4. The average molecular weight is 255 g/mol. The van der Waals surface area contributed by atoms with E-state index in [-0.39, 0.29) is 5.91 Å². The lowest BCUT2D eigenvalue weighted by atomic mass is 9.98. The van der Waals surface area contributed by atoms with E-state index in [9.17, 15) is 4.79 Å². The Bertz CT molecular complexity index is 247. The summed E-state index contributed by atoms with van der Waals surface area (Å²) in [4.78, 5) is 15.8. The van der Waals surface area contributed by atoms with Gasteiger partial charge < -0.3 is 15.1 Å². The smallest absolute Gasteiger partial charge is 0.223 e. The van der Waals surface area contributed by atoms with Crippen LogP contribution in [0.15, 0.2) is 0 Å². The molecule has 4 nitrogen and oxygen atoms in total. The summed E-state index contributed by atoms with van der Waals surface area (Å²) in [7, 11) is 3.65. The second-order valence-electron chi connectivity index (χ2n) is 5.84. The molecule has 1 aliphatic rings. The van der Waals surface area contributed by atoms with Crippen LogP contribution >= 0.6 is 0 Å². The van der Waals surface area contributed by atoms with Crippen LogP contribution in [-0.4, -0.2) is 62.0 Å². The van der Waals surface area contributed by atoms with Crippen molar-refractivity contribution >= 4 is 5.91 Å². The van der Waals surface area contributed by atoms with Gasteiger partial charge in [-0.25, -0.2) is 0 Å². The van der Waals surface area contributed by atoms with E-state index in [1.54, 1.807) is 4.90 Å². The molecule has 1 rings (SSSR count). The quantitative estimate of drug-likeness (QED) is 0.774. The van der Waals surface area contributed by atoms with E-state index in [0.717, 1.165) is 32.1 Å². The summed E-state index contributed by atoms with van der Waals surface area (Å²) in [6.45, 7) is 8.73. The van der Waals surface area contributed by atoms with Gasteiger partial charge in [0.2, 0.25) is 5.91 Å². The molecule has 1 fully saturated rings. The van der Waals surface area contributed by atoms with Gasteiger partial charge in [-0.15, -0.1) is 0 Å². The minimum atomic E-state index is 0.224. The van der Waals surface area contributed by atoms with Crippen LogP contribution in [0.1, 0.15) is 33.1 Å². The highest BCUT2D eigenvalue weighted by molar-refractivity contribution is 5.75. The predicted octanol–water partition coefficient (Wildman–Crippen LogP) is 1.17. The molecule has 18 heavy (non-hydrogen) atoms. The molecule has 0 radical (unpaired) electrons. The molecule has 1 aliphatic heterocycles. The van der Waals surface area contributed by atoms with Gasteiger partial charge in [-0.05, 0) is 45.7 Å². The maximum atomic E-state index is 11.6. The fraction of sp³-hybridized carbons (Fsp3) is 0.929. The lowest BCUT2D eigenvalue weighted by Crippen LogP contribution is -2.42. The summed E-state index contributed by atoms with van der Waals surface area (Å²) < 4.78 is 0. The van der Waals surface area contributed by atoms with Crippen LogP contribution in [0.25, 0.3) is 0 Å². The first-order chi connectivity index (χ1) is 8.50. The van der Waals surface area contributed by atoms with Gasteiger partial charge in [0.1, 0.15) is 0 Å². The Morgan fingerprint density at radius 3 is 2.61 bits per heavy atom. The summed E-state index contributed by atoms with van der Waals surface area (Å²) in [5, 5.41) is 3.46. The minimum absolute atomic E-state index is 0.224. The zero-order valence-corrected chi connectivity index (χ0v) is 12.4.